The molecule has 1 amide bonds. The summed E-state index contributed by atoms with van der Waals surface area (Å²) in [7, 11) is 1.50. The van der Waals surface area contributed by atoms with Crippen LogP contribution < -0.4 is 11.1 Å². The van der Waals surface area contributed by atoms with Gasteiger partial charge in [-0.15, -0.1) is 0 Å². The van der Waals surface area contributed by atoms with Gasteiger partial charge >= 0.3 is 0 Å². The summed E-state index contributed by atoms with van der Waals surface area (Å²) in [6.45, 7) is 2.17. The highest BCUT2D eigenvalue weighted by molar-refractivity contribution is 5.76. The maximum absolute atomic E-state index is 11.7. The number of carbonyl (C=O) groups is 1. The molecule has 1 aromatic rings. The first kappa shape index (κ1) is 16.1. The maximum Gasteiger partial charge on any atom is 0.272 e. The number of rotatable bonds is 7. The molecular formula is C13H19N3O4. The fourth-order valence-electron chi connectivity index (χ4n) is 1.79. The normalized spacial score (nSPS) is 11.9. The van der Waals surface area contributed by atoms with Gasteiger partial charge in [-0.2, -0.15) is 0 Å². The molecule has 0 radical (unpaired) electrons. The second kappa shape index (κ2) is 7.56. The van der Waals surface area contributed by atoms with Crippen molar-refractivity contribution in [3.05, 3.63) is 39.4 Å². The van der Waals surface area contributed by atoms with Crippen LogP contribution in [0.5, 0.6) is 0 Å². The highest BCUT2D eigenvalue weighted by Gasteiger charge is 2.15. The van der Waals surface area contributed by atoms with E-state index >= 15 is 0 Å². The van der Waals surface area contributed by atoms with Gasteiger partial charge in [-0.1, -0.05) is 12.1 Å². The lowest BCUT2D eigenvalue weighted by molar-refractivity contribution is -0.385. The van der Waals surface area contributed by atoms with Crippen LogP contribution in [0.25, 0.3) is 0 Å². The van der Waals surface area contributed by atoms with Crippen LogP contribution >= 0.6 is 0 Å². The van der Waals surface area contributed by atoms with Crippen molar-refractivity contribution in [2.45, 2.75) is 26.0 Å². The largest absolute Gasteiger partial charge is 0.380 e. The van der Waals surface area contributed by atoms with Gasteiger partial charge in [-0.3, -0.25) is 14.9 Å². The highest BCUT2D eigenvalue weighted by atomic mass is 16.6. The van der Waals surface area contributed by atoms with Crippen molar-refractivity contribution >= 4 is 11.6 Å². The number of methoxy groups -OCH3 is 1. The molecule has 0 bridgehead atoms. The van der Waals surface area contributed by atoms with Crippen LogP contribution in [0.15, 0.2) is 18.2 Å². The Morgan fingerprint density at radius 2 is 2.25 bits per heavy atom. The molecule has 3 N–H and O–H groups in total. The standard InChI is InChI=1S/C13H19N3O4/c1-9-10(4-3-5-12(9)16(18)19)8-15-13(17)6-11(7-14)20-2/h3-5,11H,6-8,14H2,1-2H3,(H,15,17). The Morgan fingerprint density at radius 3 is 2.80 bits per heavy atom. The minimum Gasteiger partial charge on any atom is -0.380 e. The summed E-state index contributed by atoms with van der Waals surface area (Å²) in [4.78, 5) is 22.1. The molecule has 0 saturated heterocycles. The quantitative estimate of drug-likeness (QED) is 0.570. The van der Waals surface area contributed by atoms with Crippen LogP contribution in [0.3, 0.4) is 0 Å². The summed E-state index contributed by atoms with van der Waals surface area (Å²) < 4.78 is 5.02. The second-order valence-electron chi connectivity index (χ2n) is 4.39. The van der Waals surface area contributed by atoms with Gasteiger partial charge in [0.25, 0.3) is 5.69 Å². The van der Waals surface area contributed by atoms with E-state index in [2.05, 4.69) is 5.32 Å². The lowest BCUT2D eigenvalue weighted by Crippen LogP contribution is -2.32. The number of ether oxygens (including phenoxy) is 1. The Bertz CT molecular complexity index is 487. The molecule has 0 aliphatic carbocycles. The summed E-state index contributed by atoms with van der Waals surface area (Å²) in [5.41, 5.74) is 6.76. The number of hydrogen-bond acceptors (Lipinski definition) is 5. The minimum absolute atomic E-state index is 0.0495. The first-order valence-corrected chi connectivity index (χ1v) is 6.22. The fraction of sp³-hybridized carbons (Fsp3) is 0.462. The average Bonchev–Trinajstić information content (AvgIpc) is 2.43. The lowest BCUT2D eigenvalue weighted by Gasteiger charge is -2.13. The number of carbonyl (C=O) groups excluding carboxylic acids is 1. The molecule has 1 atom stereocenters. The zero-order chi connectivity index (χ0) is 15.1. The van der Waals surface area contributed by atoms with Gasteiger partial charge in [-0.05, 0) is 12.5 Å². The van der Waals surface area contributed by atoms with Gasteiger partial charge in [0.1, 0.15) is 0 Å². The molecule has 20 heavy (non-hydrogen) atoms. The lowest BCUT2D eigenvalue weighted by atomic mass is 10.1. The molecule has 7 nitrogen and oxygen atoms in total. The van der Waals surface area contributed by atoms with Crippen LogP contribution in [-0.4, -0.2) is 30.6 Å². The Morgan fingerprint density at radius 1 is 1.55 bits per heavy atom. The Kier molecular flexibility index (Phi) is 6.08. The Balaban J connectivity index is 2.64. The smallest absolute Gasteiger partial charge is 0.272 e. The molecule has 0 aliphatic rings. The van der Waals surface area contributed by atoms with Gasteiger partial charge in [0.2, 0.25) is 5.91 Å². The summed E-state index contributed by atoms with van der Waals surface area (Å²) in [6, 6.07) is 4.79. The zero-order valence-electron chi connectivity index (χ0n) is 11.6. The Hall–Kier alpha value is -1.99. The number of nitrogens with zero attached hydrogens (tertiary/aromatic N) is 1. The van der Waals surface area contributed by atoms with Crippen molar-refractivity contribution in [3.63, 3.8) is 0 Å². The van der Waals surface area contributed by atoms with Crippen LogP contribution in [-0.2, 0) is 16.1 Å². The first-order chi connectivity index (χ1) is 9.49. The molecule has 0 heterocycles. The SMILES string of the molecule is COC(CN)CC(=O)NCc1cccc([N+](=O)[O-])c1C. The van der Waals surface area contributed by atoms with E-state index in [1.165, 1.54) is 13.2 Å². The second-order valence-corrected chi connectivity index (χ2v) is 4.39. The third kappa shape index (κ3) is 4.29. The van der Waals surface area contributed by atoms with Crippen molar-refractivity contribution < 1.29 is 14.5 Å². The molecule has 1 unspecified atom stereocenters. The van der Waals surface area contributed by atoms with E-state index in [0.717, 1.165) is 0 Å². The summed E-state index contributed by atoms with van der Waals surface area (Å²) in [5.74, 6) is -0.201. The summed E-state index contributed by atoms with van der Waals surface area (Å²) in [5, 5.41) is 13.5. The summed E-state index contributed by atoms with van der Waals surface area (Å²) in [6.07, 6.45) is -0.151. The topological polar surface area (TPSA) is 107 Å². The van der Waals surface area contributed by atoms with E-state index < -0.39 is 4.92 Å². The van der Waals surface area contributed by atoms with Crippen molar-refractivity contribution in [1.82, 2.24) is 5.32 Å². The van der Waals surface area contributed by atoms with E-state index in [1.54, 1.807) is 19.1 Å². The van der Waals surface area contributed by atoms with E-state index in [1.807, 2.05) is 0 Å². The predicted octanol–water partition coefficient (Wildman–Crippen LogP) is 0.883. The number of amides is 1. The van der Waals surface area contributed by atoms with Crippen molar-refractivity contribution in [2.24, 2.45) is 5.73 Å². The molecule has 0 aromatic heterocycles. The highest BCUT2D eigenvalue weighted by Crippen LogP contribution is 2.20. The minimum atomic E-state index is -0.434. The number of hydrogen-bond donors (Lipinski definition) is 2. The van der Waals surface area contributed by atoms with Gasteiger partial charge < -0.3 is 15.8 Å². The molecule has 0 saturated carbocycles. The van der Waals surface area contributed by atoms with Crippen molar-refractivity contribution in [1.29, 1.82) is 0 Å². The molecule has 1 rings (SSSR count). The predicted molar refractivity (Wildman–Crippen MR) is 74.1 cm³/mol. The number of nitro benzene ring substituents is 1. The van der Waals surface area contributed by atoms with Crippen molar-refractivity contribution in [3.8, 4) is 0 Å². The first-order valence-electron chi connectivity index (χ1n) is 6.22. The van der Waals surface area contributed by atoms with Gasteiger partial charge in [0.15, 0.2) is 0 Å². The molecule has 1 aromatic carbocycles. The van der Waals surface area contributed by atoms with E-state index in [4.69, 9.17) is 10.5 Å². The number of nitro groups is 1. The van der Waals surface area contributed by atoms with E-state index in [-0.39, 0.29) is 37.2 Å². The molecule has 0 fully saturated rings. The summed E-state index contributed by atoms with van der Waals surface area (Å²) >= 11 is 0. The average molecular weight is 281 g/mol. The maximum atomic E-state index is 11.7. The molecule has 110 valence electrons. The number of nitrogens with one attached hydrogen (secondary N) is 1. The molecule has 0 spiro atoms. The fourth-order valence-corrected chi connectivity index (χ4v) is 1.79. The zero-order valence-corrected chi connectivity index (χ0v) is 11.6. The third-order valence-corrected chi connectivity index (χ3v) is 3.10. The van der Waals surface area contributed by atoms with Gasteiger partial charge in [0, 0.05) is 31.8 Å². The van der Waals surface area contributed by atoms with Gasteiger partial charge in [-0.25, -0.2) is 0 Å². The number of nitrogens with two attached hydrogens (primary N) is 1. The Labute approximate surface area is 117 Å². The van der Waals surface area contributed by atoms with Crippen molar-refractivity contribution in [2.75, 3.05) is 13.7 Å². The molecule has 0 aliphatic heterocycles. The van der Waals surface area contributed by atoms with Crippen LogP contribution in [0, 0.1) is 17.0 Å². The van der Waals surface area contributed by atoms with Crippen LogP contribution in [0.1, 0.15) is 17.5 Å². The van der Waals surface area contributed by atoms with Crippen LogP contribution in [0.2, 0.25) is 0 Å². The van der Waals surface area contributed by atoms with E-state index in [0.29, 0.717) is 11.1 Å². The van der Waals surface area contributed by atoms with Gasteiger partial charge in [0.05, 0.1) is 17.4 Å². The number of benzene rings is 1. The monoisotopic (exact) mass is 281 g/mol. The van der Waals surface area contributed by atoms with Crippen LogP contribution in [0.4, 0.5) is 5.69 Å². The molecular weight excluding hydrogens is 262 g/mol. The molecule has 7 heteroatoms. The third-order valence-electron chi connectivity index (χ3n) is 3.10. The van der Waals surface area contributed by atoms with E-state index in [9.17, 15) is 14.9 Å².